The van der Waals surface area contributed by atoms with Crippen molar-refractivity contribution in [1.82, 2.24) is 9.55 Å². The molecule has 1 N–H and O–H groups in total. The lowest BCUT2D eigenvalue weighted by molar-refractivity contribution is 0.415. The number of rotatable bonds is 3. The maximum absolute atomic E-state index is 5.23. The van der Waals surface area contributed by atoms with E-state index in [0.717, 1.165) is 17.0 Å². The number of nitrogens with zero attached hydrogens (tertiary/aromatic N) is 1. The van der Waals surface area contributed by atoms with Crippen molar-refractivity contribution < 1.29 is 9.47 Å². The standard InChI is InChI=1S/C15H13NO.C9H9NO/c1-17-14-7-8-15-12(11-14)9-10-16(15)13-5-3-2-4-6-13;1-11-8-2-3-9-7(6-8)4-5-10-9/h2-11H,1H3;2-6,10H,1H3. The third-order valence-corrected chi connectivity index (χ3v) is 4.69. The number of hydrogen-bond donors (Lipinski definition) is 1. The van der Waals surface area contributed by atoms with E-state index in [1.54, 1.807) is 14.2 Å². The summed E-state index contributed by atoms with van der Waals surface area (Å²) in [5.41, 5.74) is 3.51. The number of fused-ring (bicyclic) bond motifs is 2. The highest BCUT2D eigenvalue weighted by molar-refractivity contribution is 5.83. The van der Waals surface area contributed by atoms with Gasteiger partial charge in [0, 0.05) is 34.4 Å². The van der Waals surface area contributed by atoms with E-state index >= 15 is 0 Å². The highest BCUT2D eigenvalue weighted by atomic mass is 16.5. The van der Waals surface area contributed by atoms with Crippen LogP contribution >= 0.6 is 0 Å². The van der Waals surface area contributed by atoms with Gasteiger partial charge in [0.15, 0.2) is 0 Å². The summed E-state index contributed by atoms with van der Waals surface area (Å²) in [6.45, 7) is 0. The van der Waals surface area contributed by atoms with E-state index in [2.05, 4.69) is 46.1 Å². The molecule has 140 valence electrons. The van der Waals surface area contributed by atoms with Crippen LogP contribution in [0.2, 0.25) is 0 Å². The fraction of sp³-hybridized carbons (Fsp3) is 0.0833. The third-order valence-electron chi connectivity index (χ3n) is 4.69. The molecular formula is C24H22N2O2. The maximum atomic E-state index is 5.23. The summed E-state index contributed by atoms with van der Waals surface area (Å²) < 4.78 is 12.5. The summed E-state index contributed by atoms with van der Waals surface area (Å²) in [6.07, 6.45) is 4.00. The van der Waals surface area contributed by atoms with E-state index in [0.29, 0.717) is 0 Å². The van der Waals surface area contributed by atoms with Gasteiger partial charge in [-0.2, -0.15) is 0 Å². The van der Waals surface area contributed by atoms with Crippen LogP contribution in [0.4, 0.5) is 0 Å². The molecule has 0 aliphatic heterocycles. The summed E-state index contributed by atoms with van der Waals surface area (Å²) in [4.78, 5) is 3.12. The Hall–Kier alpha value is -3.66. The van der Waals surface area contributed by atoms with Crippen LogP contribution in [0, 0.1) is 0 Å². The van der Waals surface area contributed by atoms with Gasteiger partial charge >= 0.3 is 0 Å². The van der Waals surface area contributed by atoms with Crippen molar-refractivity contribution in [2.45, 2.75) is 0 Å². The fourth-order valence-electron chi connectivity index (χ4n) is 3.22. The van der Waals surface area contributed by atoms with Gasteiger partial charge < -0.3 is 19.0 Å². The van der Waals surface area contributed by atoms with Gasteiger partial charge in [0.05, 0.1) is 19.7 Å². The second-order valence-corrected chi connectivity index (χ2v) is 6.38. The summed E-state index contributed by atoms with van der Waals surface area (Å²) in [6, 6.07) is 26.5. The van der Waals surface area contributed by atoms with Gasteiger partial charge in [0.1, 0.15) is 11.5 Å². The summed E-state index contributed by atoms with van der Waals surface area (Å²) >= 11 is 0. The molecule has 4 heteroatoms. The monoisotopic (exact) mass is 370 g/mol. The molecule has 0 unspecified atom stereocenters. The first-order valence-electron chi connectivity index (χ1n) is 9.10. The Labute approximate surface area is 164 Å². The van der Waals surface area contributed by atoms with E-state index < -0.39 is 0 Å². The minimum Gasteiger partial charge on any atom is -0.497 e. The Bertz CT molecular complexity index is 1190. The molecule has 0 atom stereocenters. The number of methoxy groups -OCH3 is 2. The zero-order valence-electron chi connectivity index (χ0n) is 15.9. The minimum absolute atomic E-state index is 0.892. The van der Waals surface area contributed by atoms with E-state index in [-0.39, 0.29) is 0 Å². The number of nitrogens with one attached hydrogen (secondary N) is 1. The van der Waals surface area contributed by atoms with Crippen LogP contribution in [0.1, 0.15) is 0 Å². The molecule has 0 spiro atoms. The first kappa shape index (κ1) is 17.7. The Morgan fingerprint density at radius 3 is 2.18 bits per heavy atom. The molecule has 0 aliphatic rings. The molecule has 2 aromatic heterocycles. The van der Waals surface area contributed by atoms with Crippen LogP contribution in [0.3, 0.4) is 0 Å². The molecular weight excluding hydrogens is 348 g/mol. The Morgan fingerprint density at radius 1 is 0.714 bits per heavy atom. The lowest BCUT2D eigenvalue weighted by Crippen LogP contribution is -1.90. The Kier molecular flexibility index (Phi) is 5.02. The highest BCUT2D eigenvalue weighted by Crippen LogP contribution is 2.24. The zero-order valence-corrected chi connectivity index (χ0v) is 15.9. The lowest BCUT2D eigenvalue weighted by atomic mass is 10.2. The first-order chi connectivity index (χ1) is 13.8. The van der Waals surface area contributed by atoms with Crippen molar-refractivity contribution in [3.63, 3.8) is 0 Å². The molecule has 2 heterocycles. The number of ether oxygens (including phenoxy) is 2. The third kappa shape index (κ3) is 3.58. The minimum atomic E-state index is 0.892. The van der Waals surface area contributed by atoms with Crippen molar-refractivity contribution in [3.05, 3.63) is 91.3 Å². The molecule has 0 radical (unpaired) electrons. The van der Waals surface area contributed by atoms with Gasteiger partial charge in [-0.15, -0.1) is 0 Å². The average molecular weight is 370 g/mol. The topological polar surface area (TPSA) is 39.2 Å². The van der Waals surface area contributed by atoms with Crippen molar-refractivity contribution in [2.24, 2.45) is 0 Å². The van der Waals surface area contributed by atoms with Crippen LogP contribution in [-0.2, 0) is 0 Å². The van der Waals surface area contributed by atoms with Crippen molar-refractivity contribution in [1.29, 1.82) is 0 Å². The highest BCUT2D eigenvalue weighted by Gasteiger charge is 2.03. The van der Waals surface area contributed by atoms with Gasteiger partial charge in [0.25, 0.3) is 0 Å². The van der Waals surface area contributed by atoms with Crippen LogP contribution in [0.25, 0.3) is 27.5 Å². The molecule has 5 aromatic rings. The second kappa shape index (κ2) is 7.92. The predicted molar refractivity (Wildman–Crippen MR) is 115 cm³/mol. The number of H-pyrrole nitrogens is 1. The van der Waals surface area contributed by atoms with Gasteiger partial charge in [-0.1, -0.05) is 18.2 Å². The number of benzene rings is 3. The van der Waals surface area contributed by atoms with E-state index in [1.165, 1.54) is 22.0 Å². The molecule has 28 heavy (non-hydrogen) atoms. The van der Waals surface area contributed by atoms with Crippen molar-refractivity contribution in [3.8, 4) is 17.2 Å². The second-order valence-electron chi connectivity index (χ2n) is 6.38. The van der Waals surface area contributed by atoms with Gasteiger partial charge in [-0.05, 0) is 60.7 Å². The molecule has 0 saturated carbocycles. The van der Waals surface area contributed by atoms with Crippen LogP contribution in [-0.4, -0.2) is 23.8 Å². The molecule has 0 bridgehead atoms. The Morgan fingerprint density at radius 2 is 1.43 bits per heavy atom. The van der Waals surface area contributed by atoms with Crippen molar-refractivity contribution >= 4 is 21.8 Å². The van der Waals surface area contributed by atoms with Crippen LogP contribution in [0.15, 0.2) is 91.3 Å². The number of para-hydroxylation sites is 1. The maximum Gasteiger partial charge on any atom is 0.119 e. The van der Waals surface area contributed by atoms with Crippen LogP contribution < -0.4 is 9.47 Å². The van der Waals surface area contributed by atoms with E-state index in [4.69, 9.17) is 9.47 Å². The summed E-state index contributed by atoms with van der Waals surface area (Å²) in [7, 11) is 3.36. The first-order valence-corrected chi connectivity index (χ1v) is 9.10. The molecule has 0 fully saturated rings. The quantitative estimate of drug-likeness (QED) is 0.435. The van der Waals surface area contributed by atoms with Crippen LogP contribution in [0.5, 0.6) is 11.5 Å². The van der Waals surface area contributed by atoms with E-state index in [1.807, 2.05) is 54.7 Å². The molecule has 0 amide bonds. The van der Waals surface area contributed by atoms with Gasteiger partial charge in [-0.3, -0.25) is 0 Å². The Balaban J connectivity index is 0.000000151. The molecule has 0 saturated heterocycles. The van der Waals surface area contributed by atoms with E-state index in [9.17, 15) is 0 Å². The molecule has 4 nitrogen and oxygen atoms in total. The number of aromatic nitrogens is 2. The fourth-order valence-corrected chi connectivity index (χ4v) is 3.22. The van der Waals surface area contributed by atoms with Gasteiger partial charge in [0.2, 0.25) is 0 Å². The van der Waals surface area contributed by atoms with Crippen molar-refractivity contribution in [2.75, 3.05) is 14.2 Å². The smallest absolute Gasteiger partial charge is 0.119 e. The number of hydrogen-bond acceptors (Lipinski definition) is 2. The van der Waals surface area contributed by atoms with Gasteiger partial charge in [-0.25, -0.2) is 0 Å². The predicted octanol–water partition coefficient (Wildman–Crippen LogP) is 5.82. The largest absolute Gasteiger partial charge is 0.497 e. The molecule has 0 aliphatic carbocycles. The normalized spacial score (nSPS) is 10.5. The zero-order chi connectivity index (χ0) is 19.3. The average Bonchev–Trinajstić information content (AvgIpc) is 3.40. The molecule has 5 rings (SSSR count). The SMILES string of the molecule is COc1ccc2[nH]ccc2c1.COc1ccc2c(ccn2-c2ccccc2)c1. The lowest BCUT2D eigenvalue weighted by Gasteiger charge is -2.05. The molecule has 3 aromatic carbocycles. The number of aromatic amines is 1. The summed E-state index contributed by atoms with van der Waals surface area (Å²) in [5, 5.41) is 2.37. The summed E-state index contributed by atoms with van der Waals surface area (Å²) in [5.74, 6) is 1.79.